The van der Waals surface area contributed by atoms with Gasteiger partial charge in [-0.25, -0.2) is 0 Å². The minimum Gasteiger partial charge on any atom is -0.497 e. The molecule has 26 heavy (non-hydrogen) atoms. The number of amides is 2. The van der Waals surface area contributed by atoms with Crippen molar-refractivity contribution in [3.63, 3.8) is 0 Å². The van der Waals surface area contributed by atoms with Crippen molar-refractivity contribution >= 4 is 17.5 Å². The lowest BCUT2D eigenvalue weighted by Crippen LogP contribution is -2.45. The van der Waals surface area contributed by atoms with E-state index in [-0.39, 0.29) is 11.8 Å². The van der Waals surface area contributed by atoms with Crippen molar-refractivity contribution in [2.24, 2.45) is 5.41 Å². The molecule has 2 aromatic rings. The Labute approximate surface area is 154 Å². The number of ether oxygens (including phenoxy) is 1. The van der Waals surface area contributed by atoms with Crippen LogP contribution in [0.2, 0.25) is 0 Å². The number of carbonyl (C=O) groups excluding carboxylic acids is 2. The van der Waals surface area contributed by atoms with E-state index in [2.05, 4.69) is 10.6 Å². The van der Waals surface area contributed by atoms with Crippen molar-refractivity contribution in [2.75, 3.05) is 19.0 Å². The van der Waals surface area contributed by atoms with E-state index in [1.807, 2.05) is 55.5 Å². The maximum absolute atomic E-state index is 12.5. The molecular weight excluding hydrogens is 328 g/mol. The summed E-state index contributed by atoms with van der Waals surface area (Å²) < 4.78 is 5.13. The molecule has 0 aliphatic rings. The molecule has 0 radical (unpaired) electrons. The standard InChI is InChI=1S/C21H26N2O3/c1-15-7-5-6-8-18(15)23-20(25)21(2,3)19(24)22-14-13-16-9-11-17(26-4)12-10-16/h5-12H,13-14H2,1-4H3,(H,22,24)(H,23,25). The van der Waals surface area contributed by atoms with Crippen LogP contribution < -0.4 is 15.4 Å². The van der Waals surface area contributed by atoms with Gasteiger partial charge in [0.05, 0.1) is 7.11 Å². The second-order valence-electron chi connectivity index (χ2n) is 6.75. The number of benzene rings is 2. The maximum Gasteiger partial charge on any atom is 0.239 e. The Morgan fingerprint density at radius 3 is 2.27 bits per heavy atom. The zero-order valence-corrected chi connectivity index (χ0v) is 15.8. The molecule has 5 heteroatoms. The molecule has 0 unspecified atom stereocenters. The van der Waals surface area contributed by atoms with Gasteiger partial charge in [-0.2, -0.15) is 0 Å². The van der Waals surface area contributed by atoms with Gasteiger partial charge in [-0.3, -0.25) is 9.59 Å². The van der Waals surface area contributed by atoms with Crippen molar-refractivity contribution in [2.45, 2.75) is 27.2 Å². The molecule has 138 valence electrons. The predicted octanol–water partition coefficient (Wildman–Crippen LogP) is 3.33. The summed E-state index contributed by atoms with van der Waals surface area (Å²) in [6, 6.07) is 15.2. The molecule has 0 atom stereocenters. The molecule has 2 aromatic carbocycles. The lowest BCUT2D eigenvalue weighted by Gasteiger charge is -2.23. The topological polar surface area (TPSA) is 67.4 Å². The normalized spacial score (nSPS) is 10.9. The van der Waals surface area contributed by atoms with Gasteiger partial charge in [-0.05, 0) is 56.5 Å². The Hall–Kier alpha value is -2.82. The molecule has 0 saturated heterocycles. The third kappa shape index (κ3) is 4.85. The summed E-state index contributed by atoms with van der Waals surface area (Å²) in [6.45, 7) is 5.64. The van der Waals surface area contributed by atoms with Crippen molar-refractivity contribution in [1.82, 2.24) is 5.32 Å². The number of carbonyl (C=O) groups is 2. The van der Waals surface area contributed by atoms with Crippen LogP contribution in [0, 0.1) is 12.3 Å². The summed E-state index contributed by atoms with van der Waals surface area (Å²) in [5.74, 6) is 0.178. The van der Waals surface area contributed by atoms with Gasteiger partial charge in [0.2, 0.25) is 11.8 Å². The van der Waals surface area contributed by atoms with Crippen LogP contribution >= 0.6 is 0 Å². The number of para-hydroxylation sites is 1. The first kappa shape index (κ1) is 19.5. The van der Waals surface area contributed by atoms with Gasteiger partial charge in [0, 0.05) is 12.2 Å². The van der Waals surface area contributed by atoms with Crippen molar-refractivity contribution in [1.29, 1.82) is 0 Å². The van der Waals surface area contributed by atoms with Gasteiger partial charge < -0.3 is 15.4 Å². The largest absolute Gasteiger partial charge is 0.497 e. The molecule has 0 heterocycles. The van der Waals surface area contributed by atoms with Crippen molar-refractivity contribution in [3.05, 3.63) is 59.7 Å². The summed E-state index contributed by atoms with van der Waals surface area (Å²) in [5, 5.41) is 5.69. The first-order valence-electron chi connectivity index (χ1n) is 8.63. The average Bonchev–Trinajstić information content (AvgIpc) is 2.64. The van der Waals surface area contributed by atoms with E-state index in [0.717, 1.165) is 22.6 Å². The summed E-state index contributed by atoms with van der Waals surface area (Å²) >= 11 is 0. The van der Waals surface area contributed by atoms with E-state index < -0.39 is 5.41 Å². The molecule has 0 fully saturated rings. The summed E-state index contributed by atoms with van der Waals surface area (Å²) in [7, 11) is 1.62. The van der Waals surface area contributed by atoms with Crippen LogP contribution in [0.1, 0.15) is 25.0 Å². The molecule has 0 spiro atoms. The average molecular weight is 354 g/mol. The van der Waals surface area contributed by atoms with Crippen LogP contribution in [0.5, 0.6) is 5.75 Å². The minimum absolute atomic E-state index is 0.294. The number of anilines is 1. The van der Waals surface area contributed by atoms with E-state index in [0.29, 0.717) is 13.0 Å². The lowest BCUT2D eigenvalue weighted by atomic mass is 9.90. The monoisotopic (exact) mass is 354 g/mol. The predicted molar refractivity (Wildman–Crippen MR) is 103 cm³/mol. The molecule has 0 saturated carbocycles. The highest BCUT2D eigenvalue weighted by Crippen LogP contribution is 2.21. The van der Waals surface area contributed by atoms with Gasteiger partial charge in [0.1, 0.15) is 11.2 Å². The molecular formula is C21H26N2O3. The number of hydrogen-bond acceptors (Lipinski definition) is 3. The fourth-order valence-corrected chi connectivity index (χ4v) is 2.43. The fourth-order valence-electron chi connectivity index (χ4n) is 2.43. The lowest BCUT2D eigenvalue weighted by molar-refractivity contribution is -0.138. The van der Waals surface area contributed by atoms with Gasteiger partial charge in [-0.1, -0.05) is 30.3 Å². The van der Waals surface area contributed by atoms with E-state index >= 15 is 0 Å². The Bertz CT molecular complexity index is 767. The molecule has 0 bridgehead atoms. The van der Waals surface area contributed by atoms with Crippen LogP contribution in [0.15, 0.2) is 48.5 Å². The summed E-state index contributed by atoms with van der Waals surface area (Å²) in [5.41, 5.74) is 1.60. The van der Waals surface area contributed by atoms with Gasteiger partial charge in [-0.15, -0.1) is 0 Å². The quantitative estimate of drug-likeness (QED) is 0.750. The van der Waals surface area contributed by atoms with Crippen molar-refractivity contribution < 1.29 is 14.3 Å². The highest BCUT2D eigenvalue weighted by Gasteiger charge is 2.36. The zero-order chi connectivity index (χ0) is 19.2. The van der Waals surface area contributed by atoms with Gasteiger partial charge in [0.25, 0.3) is 0 Å². The molecule has 0 aliphatic carbocycles. The van der Waals surface area contributed by atoms with Crippen molar-refractivity contribution in [3.8, 4) is 5.75 Å². The van der Waals surface area contributed by atoms with E-state index in [4.69, 9.17) is 4.74 Å². The zero-order valence-electron chi connectivity index (χ0n) is 15.8. The molecule has 5 nitrogen and oxygen atoms in total. The number of rotatable bonds is 7. The molecule has 2 N–H and O–H groups in total. The molecule has 0 aromatic heterocycles. The Morgan fingerprint density at radius 2 is 1.65 bits per heavy atom. The van der Waals surface area contributed by atoms with E-state index in [1.165, 1.54) is 0 Å². The third-order valence-electron chi connectivity index (χ3n) is 4.39. The smallest absolute Gasteiger partial charge is 0.239 e. The Morgan fingerprint density at radius 1 is 1.00 bits per heavy atom. The molecule has 2 rings (SSSR count). The van der Waals surface area contributed by atoms with E-state index in [1.54, 1.807) is 21.0 Å². The first-order valence-corrected chi connectivity index (χ1v) is 8.63. The van der Waals surface area contributed by atoms with Crippen LogP contribution in [0.3, 0.4) is 0 Å². The second-order valence-corrected chi connectivity index (χ2v) is 6.75. The number of aryl methyl sites for hydroxylation is 1. The van der Waals surface area contributed by atoms with Crippen LogP contribution in [-0.4, -0.2) is 25.5 Å². The summed E-state index contributed by atoms with van der Waals surface area (Å²) in [6.07, 6.45) is 0.686. The highest BCUT2D eigenvalue weighted by atomic mass is 16.5. The van der Waals surface area contributed by atoms with Gasteiger partial charge in [0.15, 0.2) is 0 Å². The first-order chi connectivity index (χ1) is 12.3. The van der Waals surface area contributed by atoms with Crippen LogP contribution in [0.4, 0.5) is 5.69 Å². The highest BCUT2D eigenvalue weighted by molar-refractivity contribution is 6.10. The van der Waals surface area contributed by atoms with Crippen LogP contribution in [-0.2, 0) is 16.0 Å². The molecule has 2 amide bonds. The number of nitrogens with one attached hydrogen (secondary N) is 2. The second kappa shape index (κ2) is 8.52. The SMILES string of the molecule is COc1ccc(CCNC(=O)C(C)(C)C(=O)Nc2ccccc2C)cc1. The summed E-state index contributed by atoms with van der Waals surface area (Å²) in [4.78, 5) is 25.0. The Kier molecular flexibility index (Phi) is 6.39. The fraction of sp³-hybridized carbons (Fsp3) is 0.333. The Balaban J connectivity index is 1.89. The number of methoxy groups -OCH3 is 1. The maximum atomic E-state index is 12.5. The minimum atomic E-state index is -1.16. The van der Waals surface area contributed by atoms with Gasteiger partial charge >= 0.3 is 0 Å². The third-order valence-corrected chi connectivity index (χ3v) is 4.39. The van der Waals surface area contributed by atoms with Crippen LogP contribution in [0.25, 0.3) is 0 Å². The molecule has 0 aliphatic heterocycles. The number of hydrogen-bond donors (Lipinski definition) is 2. The van der Waals surface area contributed by atoms with E-state index in [9.17, 15) is 9.59 Å².